The molecule has 0 saturated carbocycles. The standard InChI is InChI=1S/C18H24N4O2/c1-19-9-10-22(16(13-19)14-7-5-4-6-8-14)12-15-11-20(2)18(24)21(3)17(15)23/h4-8,11,16H,9-10,12-13H2,1-3H3/t16-/m0/s1. The van der Waals surface area contributed by atoms with Gasteiger partial charge < -0.3 is 9.47 Å². The van der Waals surface area contributed by atoms with Gasteiger partial charge in [-0.15, -0.1) is 0 Å². The number of benzene rings is 1. The van der Waals surface area contributed by atoms with Crippen molar-refractivity contribution in [3.05, 3.63) is 68.5 Å². The Bertz CT molecular complexity index is 825. The van der Waals surface area contributed by atoms with E-state index in [0.29, 0.717) is 12.1 Å². The van der Waals surface area contributed by atoms with Crippen LogP contribution in [0.5, 0.6) is 0 Å². The Morgan fingerprint density at radius 1 is 1.04 bits per heavy atom. The molecule has 1 saturated heterocycles. The fraction of sp³-hybridized carbons (Fsp3) is 0.444. The Morgan fingerprint density at radius 3 is 2.46 bits per heavy atom. The van der Waals surface area contributed by atoms with Gasteiger partial charge in [-0.1, -0.05) is 30.3 Å². The van der Waals surface area contributed by atoms with E-state index in [2.05, 4.69) is 29.0 Å². The molecule has 1 aromatic carbocycles. The van der Waals surface area contributed by atoms with Gasteiger partial charge in [0.15, 0.2) is 0 Å². The lowest BCUT2D eigenvalue weighted by Crippen LogP contribution is -2.48. The average Bonchev–Trinajstić information content (AvgIpc) is 2.60. The first-order chi connectivity index (χ1) is 11.5. The van der Waals surface area contributed by atoms with Crippen molar-refractivity contribution in [3.8, 4) is 0 Å². The average molecular weight is 328 g/mol. The summed E-state index contributed by atoms with van der Waals surface area (Å²) in [6.45, 7) is 3.34. The molecule has 1 aliphatic heterocycles. The molecule has 0 radical (unpaired) electrons. The van der Waals surface area contributed by atoms with Crippen LogP contribution in [0.3, 0.4) is 0 Å². The van der Waals surface area contributed by atoms with Gasteiger partial charge in [0.05, 0.1) is 0 Å². The molecule has 1 fully saturated rings. The predicted octanol–water partition coefficient (Wildman–Crippen LogP) is 0.573. The fourth-order valence-corrected chi connectivity index (χ4v) is 3.35. The van der Waals surface area contributed by atoms with Crippen LogP contribution in [0.25, 0.3) is 0 Å². The van der Waals surface area contributed by atoms with Crippen molar-refractivity contribution in [3.63, 3.8) is 0 Å². The van der Waals surface area contributed by atoms with E-state index in [9.17, 15) is 9.59 Å². The van der Waals surface area contributed by atoms with E-state index < -0.39 is 0 Å². The molecule has 1 aromatic heterocycles. The summed E-state index contributed by atoms with van der Waals surface area (Å²) in [5.41, 5.74) is 1.42. The van der Waals surface area contributed by atoms with E-state index in [0.717, 1.165) is 19.6 Å². The highest BCUT2D eigenvalue weighted by atomic mass is 16.2. The predicted molar refractivity (Wildman–Crippen MR) is 94.0 cm³/mol. The van der Waals surface area contributed by atoms with Gasteiger partial charge in [-0.05, 0) is 12.6 Å². The zero-order valence-corrected chi connectivity index (χ0v) is 14.5. The first-order valence-electron chi connectivity index (χ1n) is 8.20. The SMILES string of the molecule is CN1CCN(Cc2cn(C)c(=O)n(C)c2=O)[C@H](c2ccccc2)C1. The van der Waals surface area contributed by atoms with Crippen LogP contribution in [-0.2, 0) is 20.6 Å². The van der Waals surface area contributed by atoms with Crippen LogP contribution in [-0.4, -0.2) is 45.6 Å². The summed E-state index contributed by atoms with van der Waals surface area (Å²) in [6.07, 6.45) is 1.67. The summed E-state index contributed by atoms with van der Waals surface area (Å²) in [4.78, 5) is 28.9. The van der Waals surface area contributed by atoms with Crippen LogP contribution in [0.4, 0.5) is 0 Å². The maximum atomic E-state index is 12.4. The number of rotatable bonds is 3. The quantitative estimate of drug-likeness (QED) is 0.827. The van der Waals surface area contributed by atoms with Crippen molar-refractivity contribution in [1.82, 2.24) is 18.9 Å². The smallest absolute Gasteiger partial charge is 0.303 e. The Morgan fingerprint density at radius 2 is 1.75 bits per heavy atom. The Kier molecular flexibility index (Phi) is 4.69. The lowest BCUT2D eigenvalue weighted by molar-refractivity contribution is 0.0826. The molecule has 0 N–H and O–H groups in total. The third-order valence-corrected chi connectivity index (χ3v) is 4.77. The molecular formula is C18H24N4O2. The molecule has 0 unspecified atom stereocenters. The Hall–Kier alpha value is -2.18. The number of nitrogens with zero attached hydrogens (tertiary/aromatic N) is 4. The second-order valence-electron chi connectivity index (χ2n) is 6.57. The number of aromatic nitrogens is 2. The summed E-state index contributed by atoms with van der Waals surface area (Å²) in [5.74, 6) is 0. The number of piperazine rings is 1. The normalized spacial score (nSPS) is 19.5. The molecular weight excluding hydrogens is 304 g/mol. The van der Waals surface area contributed by atoms with Crippen molar-refractivity contribution in [2.75, 3.05) is 26.7 Å². The van der Waals surface area contributed by atoms with Gasteiger partial charge in [-0.3, -0.25) is 14.3 Å². The van der Waals surface area contributed by atoms with E-state index in [4.69, 9.17) is 0 Å². The zero-order chi connectivity index (χ0) is 17.3. The molecule has 2 heterocycles. The fourth-order valence-electron chi connectivity index (χ4n) is 3.35. The van der Waals surface area contributed by atoms with Crippen LogP contribution in [0.1, 0.15) is 17.2 Å². The minimum absolute atomic E-state index is 0.205. The molecule has 2 aromatic rings. The molecule has 6 nitrogen and oxygen atoms in total. The van der Waals surface area contributed by atoms with Crippen molar-refractivity contribution in [2.24, 2.45) is 14.1 Å². The summed E-state index contributed by atoms with van der Waals surface area (Å²) < 4.78 is 2.66. The minimum atomic E-state index is -0.290. The van der Waals surface area contributed by atoms with Gasteiger partial charge in [-0.25, -0.2) is 4.79 Å². The van der Waals surface area contributed by atoms with E-state index in [1.165, 1.54) is 21.7 Å². The minimum Gasteiger partial charge on any atom is -0.303 e. The number of likely N-dealkylation sites (N-methyl/N-ethyl adjacent to an activating group) is 1. The summed E-state index contributed by atoms with van der Waals surface area (Å²) in [6, 6.07) is 10.6. The Labute approximate surface area is 141 Å². The second-order valence-corrected chi connectivity index (χ2v) is 6.57. The highest BCUT2D eigenvalue weighted by molar-refractivity contribution is 5.20. The first-order valence-corrected chi connectivity index (χ1v) is 8.20. The van der Waals surface area contributed by atoms with Crippen molar-refractivity contribution in [2.45, 2.75) is 12.6 Å². The van der Waals surface area contributed by atoms with Crippen LogP contribution in [0.15, 0.2) is 46.1 Å². The molecule has 24 heavy (non-hydrogen) atoms. The van der Waals surface area contributed by atoms with Crippen LogP contribution < -0.4 is 11.2 Å². The summed E-state index contributed by atoms with van der Waals surface area (Å²) in [5, 5.41) is 0. The maximum absolute atomic E-state index is 12.4. The van der Waals surface area contributed by atoms with Gasteiger partial charge in [0.2, 0.25) is 0 Å². The topological polar surface area (TPSA) is 50.5 Å². The molecule has 0 spiro atoms. The summed E-state index contributed by atoms with van der Waals surface area (Å²) in [7, 11) is 5.34. The zero-order valence-electron chi connectivity index (χ0n) is 14.5. The third kappa shape index (κ3) is 3.20. The van der Waals surface area contributed by atoms with Gasteiger partial charge in [-0.2, -0.15) is 0 Å². The number of hydrogen-bond donors (Lipinski definition) is 0. The molecule has 6 heteroatoms. The van der Waals surface area contributed by atoms with Crippen molar-refractivity contribution < 1.29 is 0 Å². The molecule has 128 valence electrons. The van der Waals surface area contributed by atoms with Gasteiger partial charge in [0.25, 0.3) is 5.56 Å². The van der Waals surface area contributed by atoms with E-state index >= 15 is 0 Å². The maximum Gasteiger partial charge on any atom is 0.330 e. The largest absolute Gasteiger partial charge is 0.330 e. The second kappa shape index (κ2) is 6.75. The van der Waals surface area contributed by atoms with Gasteiger partial charge in [0.1, 0.15) is 0 Å². The molecule has 1 atom stereocenters. The molecule has 0 aliphatic carbocycles. The molecule has 0 amide bonds. The van der Waals surface area contributed by atoms with Gasteiger partial charge >= 0.3 is 5.69 Å². The molecule has 3 rings (SSSR count). The Balaban J connectivity index is 1.93. The third-order valence-electron chi connectivity index (χ3n) is 4.77. The van der Waals surface area contributed by atoms with Crippen LogP contribution in [0, 0.1) is 0 Å². The highest BCUT2D eigenvalue weighted by Crippen LogP contribution is 2.25. The van der Waals surface area contributed by atoms with Crippen LogP contribution >= 0.6 is 0 Å². The van der Waals surface area contributed by atoms with Crippen molar-refractivity contribution >= 4 is 0 Å². The van der Waals surface area contributed by atoms with E-state index in [1.54, 1.807) is 13.2 Å². The highest BCUT2D eigenvalue weighted by Gasteiger charge is 2.27. The van der Waals surface area contributed by atoms with E-state index in [1.807, 2.05) is 18.2 Å². The number of hydrogen-bond acceptors (Lipinski definition) is 4. The monoisotopic (exact) mass is 328 g/mol. The first kappa shape index (κ1) is 16.7. The van der Waals surface area contributed by atoms with E-state index in [-0.39, 0.29) is 17.3 Å². The molecule has 0 bridgehead atoms. The lowest BCUT2D eigenvalue weighted by atomic mass is 10.0. The van der Waals surface area contributed by atoms with Crippen LogP contribution in [0.2, 0.25) is 0 Å². The number of aryl methyl sites for hydroxylation is 1. The van der Waals surface area contributed by atoms with Gasteiger partial charge in [0, 0.05) is 58.1 Å². The summed E-state index contributed by atoms with van der Waals surface area (Å²) >= 11 is 0. The molecule has 1 aliphatic rings. The van der Waals surface area contributed by atoms with Crippen molar-refractivity contribution in [1.29, 1.82) is 0 Å². The lowest BCUT2D eigenvalue weighted by Gasteiger charge is -2.40.